The first-order valence-corrected chi connectivity index (χ1v) is 6.76. The van der Waals surface area contributed by atoms with Crippen molar-refractivity contribution in [3.63, 3.8) is 0 Å². The van der Waals surface area contributed by atoms with E-state index in [0.717, 1.165) is 37.5 Å². The molecule has 0 saturated carbocycles. The van der Waals surface area contributed by atoms with Crippen molar-refractivity contribution in [3.8, 4) is 0 Å². The lowest BCUT2D eigenvalue weighted by atomic mass is 10.0. The van der Waals surface area contributed by atoms with E-state index in [4.69, 9.17) is 0 Å². The molecule has 0 radical (unpaired) electrons. The zero-order valence-electron chi connectivity index (χ0n) is 9.67. The lowest BCUT2D eigenvalue weighted by Gasteiger charge is -2.16. The summed E-state index contributed by atoms with van der Waals surface area (Å²) in [4.78, 5) is 24.2. The summed E-state index contributed by atoms with van der Waals surface area (Å²) in [6, 6.07) is 1.37. The number of amides is 1. The van der Waals surface area contributed by atoms with Gasteiger partial charge in [-0.05, 0) is 11.8 Å². The minimum absolute atomic E-state index is 0.0272. The van der Waals surface area contributed by atoms with Crippen molar-refractivity contribution in [3.05, 3.63) is 27.1 Å². The number of rotatable bonds is 2. The molecule has 0 spiro atoms. The average molecular weight is 267 g/mol. The SMILES string of the molecule is O=C(c1csc([N+](=O)[O-])c1)N1C[C@H]2CNC[C@H]2C1. The Hall–Kier alpha value is -1.47. The van der Waals surface area contributed by atoms with Crippen molar-refractivity contribution in [1.29, 1.82) is 0 Å². The molecule has 96 valence electrons. The molecule has 0 unspecified atom stereocenters. The molecule has 1 aromatic rings. The van der Waals surface area contributed by atoms with Gasteiger partial charge < -0.3 is 10.2 Å². The number of nitrogens with zero attached hydrogens (tertiary/aromatic N) is 2. The number of fused-ring (bicyclic) bond motifs is 1. The highest BCUT2D eigenvalue weighted by Gasteiger charge is 2.38. The van der Waals surface area contributed by atoms with Crippen molar-refractivity contribution in [2.45, 2.75) is 0 Å². The van der Waals surface area contributed by atoms with Gasteiger partial charge in [0, 0.05) is 37.6 Å². The standard InChI is InChI=1S/C11H13N3O3S/c15-11(7-1-10(14(16)17)18-6-7)13-4-8-2-12-3-9(8)5-13/h1,6,8-9,12H,2-5H2/t8-,9+. The normalized spacial score (nSPS) is 26.3. The second-order valence-corrected chi connectivity index (χ2v) is 5.71. The Morgan fingerprint density at radius 1 is 1.44 bits per heavy atom. The van der Waals surface area contributed by atoms with E-state index < -0.39 is 4.92 Å². The highest BCUT2D eigenvalue weighted by atomic mass is 32.1. The molecule has 2 atom stereocenters. The number of nitrogens with one attached hydrogen (secondary N) is 1. The van der Waals surface area contributed by atoms with Crippen molar-refractivity contribution in [2.24, 2.45) is 11.8 Å². The second kappa shape index (κ2) is 4.33. The lowest BCUT2D eigenvalue weighted by molar-refractivity contribution is -0.380. The Bertz CT molecular complexity index is 489. The first kappa shape index (κ1) is 11.6. The molecule has 6 nitrogen and oxygen atoms in total. The maximum atomic E-state index is 12.2. The van der Waals surface area contributed by atoms with Crippen LogP contribution >= 0.6 is 11.3 Å². The van der Waals surface area contributed by atoms with Crippen LogP contribution in [-0.2, 0) is 0 Å². The van der Waals surface area contributed by atoms with E-state index in [1.165, 1.54) is 6.07 Å². The van der Waals surface area contributed by atoms with Crippen molar-refractivity contribution >= 4 is 22.2 Å². The van der Waals surface area contributed by atoms with E-state index in [1.54, 1.807) is 5.38 Å². The summed E-state index contributed by atoms with van der Waals surface area (Å²) in [6.45, 7) is 3.47. The van der Waals surface area contributed by atoms with Crippen LogP contribution in [0.2, 0.25) is 0 Å². The summed E-state index contributed by atoms with van der Waals surface area (Å²) < 4.78 is 0. The van der Waals surface area contributed by atoms with Gasteiger partial charge in [-0.2, -0.15) is 0 Å². The van der Waals surface area contributed by atoms with Gasteiger partial charge in [0.1, 0.15) is 0 Å². The quantitative estimate of drug-likeness (QED) is 0.639. The first-order valence-electron chi connectivity index (χ1n) is 5.88. The van der Waals surface area contributed by atoms with Gasteiger partial charge >= 0.3 is 5.00 Å². The van der Waals surface area contributed by atoms with Gasteiger partial charge in [-0.25, -0.2) is 0 Å². The van der Waals surface area contributed by atoms with Crippen LogP contribution in [0.15, 0.2) is 11.4 Å². The van der Waals surface area contributed by atoms with Crippen molar-refractivity contribution in [1.82, 2.24) is 10.2 Å². The van der Waals surface area contributed by atoms with Gasteiger partial charge in [-0.1, -0.05) is 11.3 Å². The molecule has 1 aromatic heterocycles. The van der Waals surface area contributed by atoms with Crippen LogP contribution in [0.25, 0.3) is 0 Å². The van der Waals surface area contributed by atoms with Crippen LogP contribution < -0.4 is 5.32 Å². The third-order valence-electron chi connectivity index (χ3n) is 3.69. The molecule has 1 amide bonds. The number of hydrogen-bond acceptors (Lipinski definition) is 5. The van der Waals surface area contributed by atoms with Crippen LogP contribution in [0.5, 0.6) is 0 Å². The van der Waals surface area contributed by atoms with Crippen molar-refractivity contribution in [2.75, 3.05) is 26.2 Å². The Balaban J connectivity index is 1.72. The summed E-state index contributed by atoms with van der Waals surface area (Å²) in [5.41, 5.74) is 0.444. The minimum Gasteiger partial charge on any atom is -0.338 e. The molecule has 2 fully saturated rings. The number of carbonyl (C=O) groups is 1. The van der Waals surface area contributed by atoms with Gasteiger partial charge in [-0.15, -0.1) is 0 Å². The molecule has 7 heteroatoms. The summed E-state index contributed by atoms with van der Waals surface area (Å²) in [5.74, 6) is 1.01. The Kier molecular flexibility index (Phi) is 2.79. The fraction of sp³-hybridized carbons (Fsp3) is 0.545. The second-order valence-electron chi connectivity index (χ2n) is 4.82. The summed E-state index contributed by atoms with van der Waals surface area (Å²) in [7, 11) is 0. The van der Waals surface area contributed by atoms with Gasteiger partial charge in [0.15, 0.2) is 0 Å². The molecule has 0 aromatic carbocycles. The van der Waals surface area contributed by atoms with E-state index in [1.807, 2.05) is 4.90 Å². The lowest BCUT2D eigenvalue weighted by Crippen LogP contribution is -2.31. The summed E-state index contributed by atoms with van der Waals surface area (Å²) in [6.07, 6.45) is 0. The van der Waals surface area contributed by atoms with Crippen molar-refractivity contribution < 1.29 is 9.72 Å². The molecule has 18 heavy (non-hydrogen) atoms. The number of nitro groups is 1. The zero-order chi connectivity index (χ0) is 12.7. The summed E-state index contributed by atoms with van der Waals surface area (Å²) >= 11 is 1.01. The highest BCUT2D eigenvalue weighted by Crippen LogP contribution is 2.29. The van der Waals surface area contributed by atoms with E-state index in [-0.39, 0.29) is 10.9 Å². The number of hydrogen-bond donors (Lipinski definition) is 1. The number of likely N-dealkylation sites (tertiary alicyclic amines) is 1. The fourth-order valence-corrected chi connectivity index (χ4v) is 3.43. The van der Waals surface area contributed by atoms with E-state index >= 15 is 0 Å². The highest BCUT2D eigenvalue weighted by molar-refractivity contribution is 7.13. The van der Waals surface area contributed by atoms with Gasteiger partial charge in [0.2, 0.25) is 0 Å². The maximum Gasteiger partial charge on any atom is 0.324 e. The molecule has 3 heterocycles. The van der Waals surface area contributed by atoms with Crippen LogP contribution in [0.4, 0.5) is 5.00 Å². The van der Waals surface area contributed by atoms with Gasteiger partial charge in [-0.3, -0.25) is 14.9 Å². The van der Waals surface area contributed by atoms with E-state index in [0.29, 0.717) is 17.4 Å². The monoisotopic (exact) mass is 267 g/mol. The average Bonchev–Trinajstić information content (AvgIpc) is 3.02. The largest absolute Gasteiger partial charge is 0.338 e. The molecular weight excluding hydrogens is 254 g/mol. The van der Waals surface area contributed by atoms with Gasteiger partial charge in [0.25, 0.3) is 5.91 Å². The Morgan fingerprint density at radius 3 is 2.67 bits per heavy atom. The van der Waals surface area contributed by atoms with Crippen LogP contribution in [-0.4, -0.2) is 41.9 Å². The first-order chi connectivity index (χ1) is 8.65. The maximum absolute atomic E-state index is 12.2. The number of carbonyl (C=O) groups excluding carboxylic acids is 1. The van der Waals surface area contributed by atoms with Crippen LogP contribution in [0.3, 0.4) is 0 Å². The smallest absolute Gasteiger partial charge is 0.324 e. The molecule has 1 N–H and O–H groups in total. The molecule has 2 saturated heterocycles. The van der Waals surface area contributed by atoms with Crippen LogP contribution in [0.1, 0.15) is 10.4 Å². The molecule has 0 aliphatic carbocycles. The van der Waals surface area contributed by atoms with Crippen LogP contribution in [0, 0.1) is 22.0 Å². The van der Waals surface area contributed by atoms with E-state index in [9.17, 15) is 14.9 Å². The third-order valence-corrected chi connectivity index (χ3v) is 4.57. The molecule has 2 aliphatic rings. The molecular formula is C11H13N3O3S. The topological polar surface area (TPSA) is 75.5 Å². The predicted octanol–water partition coefficient (Wildman–Crippen LogP) is 0.948. The predicted molar refractivity (Wildman–Crippen MR) is 66.7 cm³/mol. The molecule has 2 aliphatic heterocycles. The minimum atomic E-state index is -0.454. The number of thiophene rings is 1. The fourth-order valence-electron chi connectivity index (χ4n) is 2.74. The molecule has 0 bridgehead atoms. The zero-order valence-corrected chi connectivity index (χ0v) is 10.5. The van der Waals surface area contributed by atoms with Gasteiger partial charge in [0.05, 0.1) is 10.5 Å². The Labute approximate surface area is 108 Å². The molecule has 3 rings (SSSR count). The Morgan fingerprint density at radius 2 is 2.11 bits per heavy atom. The van der Waals surface area contributed by atoms with E-state index in [2.05, 4.69) is 5.32 Å². The third kappa shape index (κ3) is 1.89. The summed E-state index contributed by atoms with van der Waals surface area (Å²) in [5, 5.41) is 15.5.